The highest BCUT2D eigenvalue weighted by Gasteiger charge is 2.18. The van der Waals surface area contributed by atoms with E-state index >= 15 is 0 Å². The van der Waals surface area contributed by atoms with Crippen molar-refractivity contribution in [2.24, 2.45) is 0 Å². The number of benzene rings is 9. The molecule has 11 aromatic rings. The maximum Gasteiger partial charge on any atom is 0.143 e. The van der Waals surface area contributed by atoms with E-state index in [-0.39, 0.29) is 0 Å². The molecule has 0 unspecified atom stereocenters. The van der Waals surface area contributed by atoms with Gasteiger partial charge in [-0.25, -0.2) is 0 Å². The molecule has 9 aromatic carbocycles. The van der Waals surface area contributed by atoms with Crippen LogP contribution in [0.15, 0.2) is 211 Å². The van der Waals surface area contributed by atoms with Gasteiger partial charge < -0.3 is 13.9 Å². The summed E-state index contributed by atoms with van der Waals surface area (Å²) in [5, 5.41) is 7.00. The van der Waals surface area contributed by atoms with Gasteiger partial charge in [0.15, 0.2) is 0 Å². The van der Waals surface area contributed by atoms with Crippen molar-refractivity contribution in [3.8, 4) is 27.9 Å². The Balaban J connectivity index is 1.03. The minimum absolute atomic E-state index is 0.905. The number of nitrogens with zero attached hydrogens (tertiary/aromatic N) is 2. The second-order valence-electron chi connectivity index (χ2n) is 14.2. The Hall–Kier alpha value is -7.36. The standard InChI is InChI=1S/C52H34N2O/c1-3-11-35(12-4-1)36-19-26-41(27-20-36)53(43-30-23-38-24-31-46-45-16-8-10-18-51(45)55-52(46)47(38)34-43)42-28-21-37(22-29-42)39-25-32-50-48(33-39)44-15-7-9-17-49(44)54(50)40-13-5-2-6-14-40/h1-34H. The number of aromatic nitrogens is 1. The number of fused-ring (bicyclic) bond motifs is 8. The van der Waals surface area contributed by atoms with Crippen molar-refractivity contribution in [2.75, 3.05) is 4.90 Å². The summed E-state index contributed by atoms with van der Waals surface area (Å²) >= 11 is 0. The van der Waals surface area contributed by atoms with E-state index < -0.39 is 0 Å². The lowest BCUT2D eigenvalue weighted by Crippen LogP contribution is -2.09. The average Bonchev–Trinajstić information content (AvgIpc) is 3.81. The summed E-state index contributed by atoms with van der Waals surface area (Å²) in [4.78, 5) is 2.34. The van der Waals surface area contributed by atoms with Gasteiger partial charge in [0.1, 0.15) is 11.2 Å². The van der Waals surface area contributed by atoms with E-state index in [1.165, 1.54) is 44.1 Å². The van der Waals surface area contributed by atoms with E-state index in [4.69, 9.17) is 4.42 Å². The highest BCUT2D eigenvalue weighted by atomic mass is 16.3. The van der Waals surface area contributed by atoms with E-state index in [1.807, 2.05) is 12.1 Å². The van der Waals surface area contributed by atoms with Crippen LogP contribution < -0.4 is 4.90 Å². The molecule has 2 heterocycles. The van der Waals surface area contributed by atoms with E-state index in [2.05, 4.69) is 204 Å². The first-order valence-electron chi connectivity index (χ1n) is 18.8. The van der Waals surface area contributed by atoms with Crippen LogP contribution in [-0.2, 0) is 0 Å². The van der Waals surface area contributed by atoms with Crippen molar-refractivity contribution in [3.63, 3.8) is 0 Å². The number of para-hydroxylation sites is 3. The smallest absolute Gasteiger partial charge is 0.143 e. The third-order valence-corrected chi connectivity index (χ3v) is 11.0. The van der Waals surface area contributed by atoms with Crippen LogP contribution in [0.3, 0.4) is 0 Å². The number of hydrogen-bond acceptors (Lipinski definition) is 2. The molecular weight excluding hydrogens is 669 g/mol. The molecule has 0 bridgehead atoms. The lowest BCUT2D eigenvalue weighted by molar-refractivity contribution is 0.672. The first kappa shape index (κ1) is 31.2. The summed E-state index contributed by atoms with van der Waals surface area (Å²) in [7, 11) is 0. The molecule has 258 valence electrons. The van der Waals surface area contributed by atoms with Crippen LogP contribution in [0.4, 0.5) is 17.1 Å². The summed E-state index contributed by atoms with van der Waals surface area (Å²) in [6.07, 6.45) is 0. The van der Waals surface area contributed by atoms with E-state index in [0.29, 0.717) is 0 Å². The Morgan fingerprint density at radius 2 is 0.909 bits per heavy atom. The molecule has 0 radical (unpaired) electrons. The van der Waals surface area contributed by atoms with Gasteiger partial charge in [-0.05, 0) is 107 Å². The zero-order valence-corrected chi connectivity index (χ0v) is 29.9. The van der Waals surface area contributed by atoms with Gasteiger partial charge >= 0.3 is 0 Å². The molecule has 0 aliphatic rings. The molecule has 55 heavy (non-hydrogen) atoms. The van der Waals surface area contributed by atoms with Crippen LogP contribution >= 0.6 is 0 Å². The van der Waals surface area contributed by atoms with Crippen molar-refractivity contribution in [1.82, 2.24) is 4.57 Å². The molecule has 0 saturated heterocycles. The van der Waals surface area contributed by atoms with Gasteiger partial charge in [-0.2, -0.15) is 0 Å². The summed E-state index contributed by atoms with van der Waals surface area (Å²) in [6.45, 7) is 0. The molecule has 0 aliphatic heterocycles. The fourth-order valence-corrected chi connectivity index (χ4v) is 8.32. The van der Waals surface area contributed by atoms with Crippen LogP contribution in [0.2, 0.25) is 0 Å². The second kappa shape index (κ2) is 12.6. The summed E-state index contributed by atoms with van der Waals surface area (Å²) < 4.78 is 8.87. The molecule has 0 fully saturated rings. The van der Waals surface area contributed by atoms with Crippen LogP contribution in [0.1, 0.15) is 0 Å². The van der Waals surface area contributed by atoms with Crippen molar-refractivity contribution in [3.05, 3.63) is 206 Å². The largest absolute Gasteiger partial charge is 0.455 e. The predicted octanol–water partition coefficient (Wildman–Crippen LogP) is 14.6. The lowest BCUT2D eigenvalue weighted by atomic mass is 10.0. The van der Waals surface area contributed by atoms with Gasteiger partial charge in [-0.3, -0.25) is 0 Å². The third-order valence-electron chi connectivity index (χ3n) is 11.0. The zero-order valence-electron chi connectivity index (χ0n) is 29.9. The first-order valence-corrected chi connectivity index (χ1v) is 18.8. The highest BCUT2D eigenvalue weighted by molar-refractivity contribution is 6.16. The number of rotatable bonds is 6. The van der Waals surface area contributed by atoms with Crippen molar-refractivity contribution >= 4 is 71.6 Å². The molecule has 0 atom stereocenters. The maximum atomic E-state index is 6.51. The molecule has 11 rings (SSSR count). The Bertz CT molecular complexity index is 3180. The van der Waals surface area contributed by atoms with E-state index in [9.17, 15) is 0 Å². The Morgan fingerprint density at radius 1 is 0.345 bits per heavy atom. The number of furan rings is 1. The monoisotopic (exact) mass is 702 g/mol. The van der Waals surface area contributed by atoms with Crippen molar-refractivity contribution in [2.45, 2.75) is 0 Å². The van der Waals surface area contributed by atoms with Crippen LogP contribution in [-0.4, -0.2) is 4.57 Å². The maximum absolute atomic E-state index is 6.51. The highest BCUT2D eigenvalue weighted by Crippen LogP contribution is 2.41. The molecular formula is C52H34N2O. The summed E-state index contributed by atoms with van der Waals surface area (Å²) in [5.74, 6) is 0. The summed E-state index contributed by atoms with van der Waals surface area (Å²) in [6, 6.07) is 73.9. The molecule has 3 heteroatoms. The van der Waals surface area contributed by atoms with Crippen molar-refractivity contribution < 1.29 is 4.42 Å². The minimum atomic E-state index is 0.905. The van der Waals surface area contributed by atoms with E-state index in [0.717, 1.165) is 55.5 Å². The lowest BCUT2D eigenvalue weighted by Gasteiger charge is -2.26. The topological polar surface area (TPSA) is 21.3 Å². The molecule has 0 N–H and O–H groups in total. The quantitative estimate of drug-likeness (QED) is 0.172. The van der Waals surface area contributed by atoms with Crippen LogP contribution in [0.25, 0.3) is 82.5 Å². The van der Waals surface area contributed by atoms with Gasteiger partial charge in [0.05, 0.1) is 11.0 Å². The van der Waals surface area contributed by atoms with Crippen molar-refractivity contribution in [1.29, 1.82) is 0 Å². The molecule has 0 aliphatic carbocycles. The normalized spacial score (nSPS) is 11.6. The van der Waals surface area contributed by atoms with Gasteiger partial charge in [-0.15, -0.1) is 0 Å². The van der Waals surface area contributed by atoms with E-state index in [1.54, 1.807) is 0 Å². The second-order valence-corrected chi connectivity index (χ2v) is 14.2. The Morgan fingerprint density at radius 3 is 1.67 bits per heavy atom. The molecule has 0 saturated carbocycles. The summed E-state index contributed by atoms with van der Waals surface area (Å²) in [5.41, 5.74) is 13.4. The van der Waals surface area contributed by atoms with Crippen LogP contribution in [0.5, 0.6) is 0 Å². The van der Waals surface area contributed by atoms with Gasteiger partial charge in [-0.1, -0.05) is 127 Å². The average molecular weight is 703 g/mol. The zero-order chi connectivity index (χ0) is 36.3. The molecule has 0 amide bonds. The Labute approximate surface area is 318 Å². The van der Waals surface area contributed by atoms with Crippen LogP contribution in [0, 0.1) is 0 Å². The predicted molar refractivity (Wildman–Crippen MR) is 231 cm³/mol. The first-order chi connectivity index (χ1) is 27.3. The Kier molecular flexibility index (Phi) is 7.17. The van der Waals surface area contributed by atoms with Gasteiger partial charge in [0, 0.05) is 49.7 Å². The molecule has 3 nitrogen and oxygen atoms in total. The number of hydrogen-bond donors (Lipinski definition) is 0. The number of anilines is 3. The fraction of sp³-hybridized carbons (Fsp3) is 0. The molecule has 2 aromatic heterocycles. The fourth-order valence-electron chi connectivity index (χ4n) is 8.32. The van der Waals surface area contributed by atoms with Gasteiger partial charge in [0.2, 0.25) is 0 Å². The molecule has 0 spiro atoms. The minimum Gasteiger partial charge on any atom is -0.455 e. The third kappa shape index (κ3) is 5.20. The SMILES string of the molecule is c1ccc(-c2ccc(N(c3ccc(-c4ccc5c(c4)c4ccccc4n5-c4ccccc4)cc3)c3ccc4ccc5c6ccccc6oc5c4c3)cc2)cc1. The van der Waals surface area contributed by atoms with Gasteiger partial charge in [0.25, 0.3) is 0 Å².